The quantitative estimate of drug-likeness (QED) is 0.445. The molecule has 2 N–H and O–H groups in total. The van der Waals surface area contributed by atoms with Gasteiger partial charge in [0.25, 0.3) is 5.56 Å². The largest absolute Gasteiger partial charge is 0.450 e. The summed E-state index contributed by atoms with van der Waals surface area (Å²) in [6, 6.07) is 14.0. The molecular formula is C26H20F2N4O3. The van der Waals surface area contributed by atoms with E-state index in [9.17, 15) is 18.4 Å². The molecule has 176 valence electrons. The zero-order valence-electron chi connectivity index (χ0n) is 18.7. The summed E-state index contributed by atoms with van der Waals surface area (Å²) in [4.78, 5) is 28.2. The highest BCUT2D eigenvalue weighted by molar-refractivity contribution is 6.01. The van der Waals surface area contributed by atoms with Crippen LogP contribution in [0.4, 0.5) is 19.3 Å². The number of carbonyl (C=O) groups is 1. The van der Waals surface area contributed by atoms with Gasteiger partial charge in [-0.2, -0.15) is 5.10 Å². The number of ether oxygens (including phenoxy) is 1. The van der Waals surface area contributed by atoms with Crippen LogP contribution in [-0.2, 0) is 17.6 Å². The molecule has 0 saturated carbocycles. The van der Waals surface area contributed by atoms with Gasteiger partial charge in [0.15, 0.2) is 0 Å². The van der Waals surface area contributed by atoms with Gasteiger partial charge in [0, 0.05) is 23.8 Å². The van der Waals surface area contributed by atoms with Crippen LogP contribution in [0, 0.1) is 11.6 Å². The third kappa shape index (κ3) is 4.52. The molecule has 1 aromatic heterocycles. The number of aromatic amines is 1. The van der Waals surface area contributed by atoms with Crippen molar-refractivity contribution < 1.29 is 18.3 Å². The third-order valence-electron chi connectivity index (χ3n) is 5.76. The monoisotopic (exact) mass is 474 g/mol. The van der Waals surface area contributed by atoms with Gasteiger partial charge in [-0.05, 0) is 60.0 Å². The molecule has 2 heterocycles. The van der Waals surface area contributed by atoms with E-state index in [0.29, 0.717) is 45.5 Å². The Morgan fingerprint density at radius 2 is 1.94 bits per heavy atom. The second kappa shape index (κ2) is 9.09. The number of alkyl carbamates (subject to hydrolysis) is 1. The molecule has 1 aliphatic heterocycles. The zero-order valence-corrected chi connectivity index (χ0v) is 18.7. The van der Waals surface area contributed by atoms with Crippen molar-refractivity contribution in [3.8, 4) is 11.1 Å². The van der Waals surface area contributed by atoms with Crippen LogP contribution < -0.4 is 10.9 Å². The number of H-pyrrole nitrogens is 1. The van der Waals surface area contributed by atoms with E-state index >= 15 is 0 Å². The molecule has 0 saturated heterocycles. The number of amides is 1. The highest BCUT2D eigenvalue weighted by Gasteiger charge is 2.19. The summed E-state index contributed by atoms with van der Waals surface area (Å²) in [6.07, 6.45) is 0.139. The number of fused-ring (bicyclic) bond motifs is 2. The minimum absolute atomic E-state index is 0.255. The summed E-state index contributed by atoms with van der Waals surface area (Å²) >= 11 is 0. The lowest BCUT2D eigenvalue weighted by molar-refractivity contribution is 0.157. The van der Waals surface area contributed by atoms with Crippen molar-refractivity contribution in [2.75, 3.05) is 6.61 Å². The van der Waals surface area contributed by atoms with Crippen LogP contribution in [0.25, 0.3) is 21.9 Å². The molecule has 0 spiro atoms. The van der Waals surface area contributed by atoms with Gasteiger partial charge in [-0.1, -0.05) is 18.2 Å². The Labute approximate surface area is 198 Å². The van der Waals surface area contributed by atoms with Crippen LogP contribution in [0.5, 0.6) is 0 Å². The zero-order chi connectivity index (χ0) is 24.5. The highest BCUT2D eigenvalue weighted by atomic mass is 19.1. The summed E-state index contributed by atoms with van der Waals surface area (Å²) in [5, 5.41) is 9.90. The molecule has 5 rings (SSSR count). The smallest absolute Gasteiger partial charge is 0.412 e. The normalized spacial score (nSPS) is 12.4. The molecule has 1 aliphatic rings. The van der Waals surface area contributed by atoms with E-state index in [1.165, 1.54) is 24.3 Å². The number of nitrogens with one attached hydrogen (secondary N) is 2. The number of halogens is 2. The number of nitrogens with zero attached hydrogens (tertiary/aromatic N) is 2. The van der Waals surface area contributed by atoms with Crippen LogP contribution in [0.3, 0.4) is 0 Å². The molecule has 0 atom stereocenters. The van der Waals surface area contributed by atoms with E-state index in [-0.39, 0.29) is 13.0 Å². The first-order valence-corrected chi connectivity index (χ1v) is 11.0. The molecule has 35 heavy (non-hydrogen) atoms. The second-order valence-corrected chi connectivity index (χ2v) is 8.10. The van der Waals surface area contributed by atoms with Crippen molar-refractivity contribution in [2.24, 2.45) is 4.99 Å². The minimum atomic E-state index is -0.568. The molecule has 0 aliphatic carbocycles. The molecule has 7 nitrogen and oxygen atoms in total. The number of benzene rings is 3. The molecule has 3 aromatic carbocycles. The van der Waals surface area contributed by atoms with Crippen LogP contribution in [0.2, 0.25) is 0 Å². The van der Waals surface area contributed by atoms with Crippen molar-refractivity contribution in [1.29, 1.82) is 0 Å². The number of aliphatic imine (C=N–C) groups is 1. The summed E-state index contributed by atoms with van der Waals surface area (Å²) < 4.78 is 33.5. The van der Waals surface area contributed by atoms with Gasteiger partial charge in [-0.15, -0.1) is 0 Å². The minimum Gasteiger partial charge on any atom is -0.450 e. The van der Waals surface area contributed by atoms with E-state index in [0.717, 1.165) is 11.1 Å². The van der Waals surface area contributed by atoms with Gasteiger partial charge < -0.3 is 4.74 Å². The van der Waals surface area contributed by atoms with Crippen molar-refractivity contribution in [3.63, 3.8) is 0 Å². The van der Waals surface area contributed by atoms with Gasteiger partial charge in [0.2, 0.25) is 0 Å². The summed E-state index contributed by atoms with van der Waals surface area (Å²) in [6.45, 7) is 1.97. The topological polar surface area (TPSA) is 96.4 Å². The Hall–Kier alpha value is -4.40. The molecular weight excluding hydrogens is 454 g/mol. The highest BCUT2D eigenvalue weighted by Crippen LogP contribution is 2.33. The fourth-order valence-electron chi connectivity index (χ4n) is 4.13. The first kappa shape index (κ1) is 22.4. The Morgan fingerprint density at radius 1 is 1.09 bits per heavy atom. The molecule has 0 unspecified atom stereocenters. The third-order valence-corrected chi connectivity index (χ3v) is 5.76. The van der Waals surface area contributed by atoms with Crippen molar-refractivity contribution in [1.82, 2.24) is 15.5 Å². The number of carbonyl (C=O) groups excluding carboxylic acids is 1. The average Bonchev–Trinajstić information content (AvgIpc) is 3.23. The molecule has 9 heteroatoms. The summed E-state index contributed by atoms with van der Waals surface area (Å²) in [5.41, 5.74) is 3.34. The first-order chi connectivity index (χ1) is 16.9. The van der Waals surface area contributed by atoms with E-state index < -0.39 is 23.3 Å². The van der Waals surface area contributed by atoms with Gasteiger partial charge in [-0.3, -0.25) is 10.1 Å². The van der Waals surface area contributed by atoms with Crippen molar-refractivity contribution >= 4 is 28.4 Å². The molecule has 0 radical (unpaired) electrons. The van der Waals surface area contributed by atoms with Crippen LogP contribution >= 0.6 is 0 Å². The van der Waals surface area contributed by atoms with Gasteiger partial charge >= 0.3 is 6.09 Å². The maximum absolute atomic E-state index is 14.8. The number of hydrogen-bond acceptors (Lipinski definition) is 5. The Bertz CT molecular complexity index is 1560. The second-order valence-electron chi connectivity index (χ2n) is 8.10. The number of amidine groups is 1. The maximum atomic E-state index is 14.8. The predicted molar refractivity (Wildman–Crippen MR) is 128 cm³/mol. The van der Waals surface area contributed by atoms with E-state index in [4.69, 9.17) is 4.74 Å². The SMILES string of the molecule is CCOC(=O)NC1=Nc2cc(-c3cc(Cc4n[nH]c(=O)c5ccc(F)cc45)ccc3F)ccc2C1. The fraction of sp³-hybridized carbons (Fsp3) is 0.154. The van der Waals surface area contributed by atoms with Crippen LogP contribution in [-0.4, -0.2) is 28.7 Å². The van der Waals surface area contributed by atoms with Crippen molar-refractivity contribution in [2.45, 2.75) is 19.8 Å². The number of aromatic nitrogens is 2. The summed E-state index contributed by atoms with van der Waals surface area (Å²) in [7, 11) is 0. The fourth-order valence-corrected chi connectivity index (χ4v) is 4.13. The molecule has 4 aromatic rings. The Kier molecular flexibility index (Phi) is 5.82. The summed E-state index contributed by atoms with van der Waals surface area (Å²) in [5.74, 6) is -0.416. The average molecular weight is 474 g/mol. The Morgan fingerprint density at radius 3 is 2.77 bits per heavy atom. The predicted octanol–water partition coefficient (Wildman–Crippen LogP) is 4.79. The first-order valence-electron chi connectivity index (χ1n) is 11.0. The van der Waals surface area contributed by atoms with Gasteiger partial charge in [0.1, 0.15) is 17.5 Å². The van der Waals surface area contributed by atoms with E-state index in [2.05, 4.69) is 20.5 Å². The lowest BCUT2D eigenvalue weighted by Crippen LogP contribution is -2.30. The van der Waals surface area contributed by atoms with Crippen molar-refractivity contribution in [3.05, 3.63) is 93.4 Å². The molecule has 0 bridgehead atoms. The number of hydrogen-bond donors (Lipinski definition) is 2. The van der Waals surface area contributed by atoms with Gasteiger partial charge in [-0.25, -0.2) is 23.7 Å². The van der Waals surface area contributed by atoms with E-state index in [1.807, 2.05) is 6.07 Å². The van der Waals surface area contributed by atoms with E-state index in [1.54, 1.807) is 31.2 Å². The maximum Gasteiger partial charge on any atom is 0.412 e. The molecule has 1 amide bonds. The lowest BCUT2D eigenvalue weighted by atomic mass is 9.97. The molecule has 0 fully saturated rings. The standard InChI is InChI=1S/C26H20F2N4O3/c1-2-35-26(34)30-24-12-16-5-4-15(11-22(16)29-24)19-9-14(3-8-21(19)28)10-23-20-13-17(27)6-7-18(20)25(33)32-31-23/h3-9,11,13H,2,10,12H2,1H3,(H,32,33)(H,29,30,34). The van der Waals surface area contributed by atoms with Crippen LogP contribution in [0.15, 0.2) is 64.4 Å². The Balaban J connectivity index is 1.46. The van der Waals surface area contributed by atoms with Gasteiger partial charge in [0.05, 0.1) is 23.4 Å². The lowest BCUT2D eigenvalue weighted by Gasteiger charge is -2.10. The van der Waals surface area contributed by atoms with Crippen LogP contribution in [0.1, 0.15) is 23.7 Å². The number of rotatable bonds is 4.